The van der Waals surface area contributed by atoms with Crippen LogP contribution in [0.3, 0.4) is 0 Å². The Morgan fingerprint density at radius 3 is 2.44 bits per heavy atom. The largest absolute Gasteiger partial charge is 0.381 e. The third-order valence-corrected chi connectivity index (χ3v) is 3.53. The number of nitrogens with one attached hydrogen (secondary N) is 1. The first-order valence-electron chi connectivity index (χ1n) is 5.81. The third-order valence-electron chi connectivity index (χ3n) is 3.28. The minimum Gasteiger partial charge on any atom is -0.381 e. The van der Waals surface area contributed by atoms with E-state index in [9.17, 15) is 0 Å². The molecule has 2 nitrogen and oxygen atoms in total. The first-order chi connectivity index (χ1) is 7.81. The highest BCUT2D eigenvalue weighted by Crippen LogP contribution is 2.30. The molecule has 0 aromatic heterocycles. The zero-order valence-corrected chi connectivity index (χ0v) is 10.3. The van der Waals surface area contributed by atoms with Crippen LogP contribution in [0.1, 0.15) is 24.4 Å². The van der Waals surface area contributed by atoms with E-state index in [0.29, 0.717) is 12.0 Å². The molecule has 1 aromatic rings. The zero-order chi connectivity index (χ0) is 11.4. The van der Waals surface area contributed by atoms with Crippen molar-refractivity contribution in [3.63, 3.8) is 0 Å². The van der Waals surface area contributed by atoms with Gasteiger partial charge in [-0.25, -0.2) is 0 Å². The lowest BCUT2D eigenvalue weighted by atomic mass is 9.87. The second-order valence-electron chi connectivity index (χ2n) is 4.27. The van der Waals surface area contributed by atoms with Crippen LogP contribution in [0.4, 0.5) is 0 Å². The van der Waals surface area contributed by atoms with E-state index in [4.69, 9.17) is 16.3 Å². The van der Waals surface area contributed by atoms with Crippen molar-refractivity contribution in [2.45, 2.75) is 18.9 Å². The lowest BCUT2D eigenvalue weighted by Crippen LogP contribution is -2.29. The van der Waals surface area contributed by atoms with Gasteiger partial charge < -0.3 is 10.1 Å². The van der Waals surface area contributed by atoms with Gasteiger partial charge in [-0.1, -0.05) is 23.7 Å². The summed E-state index contributed by atoms with van der Waals surface area (Å²) < 4.78 is 5.40. The van der Waals surface area contributed by atoms with Gasteiger partial charge in [0.25, 0.3) is 0 Å². The molecule has 0 bridgehead atoms. The number of rotatable bonds is 3. The van der Waals surface area contributed by atoms with E-state index in [1.54, 1.807) is 0 Å². The number of halogens is 1. The third kappa shape index (κ3) is 2.76. The van der Waals surface area contributed by atoms with Crippen LogP contribution < -0.4 is 5.32 Å². The molecule has 0 saturated carbocycles. The summed E-state index contributed by atoms with van der Waals surface area (Å²) in [6.07, 6.45) is 2.27. The average molecular weight is 240 g/mol. The van der Waals surface area contributed by atoms with E-state index >= 15 is 0 Å². The van der Waals surface area contributed by atoms with Gasteiger partial charge >= 0.3 is 0 Å². The molecule has 1 N–H and O–H groups in total. The van der Waals surface area contributed by atoms with Crippen molar-refractivity contribution in [1.29, 1.82) is 0 Å². The topological polar surface area (TPSA) is 21.3 Å². The monoisotopic (exact) mass is 239 g/mol. The Kier molecular flexibility index (Phi) is 4.22. The number of benzene rings is 1. The van der Waals surface area contributed by atoms with Crippen LogP contribution in [0.2, 0.25) is 5.02 Å². The van der Waals surface area contributed by atoms with Gasteiger partial charge in [0.1, 0.15) is 0 Å². The normalized spacial score (nSPS) is 19.6. The van der Waals surface area contributed by atoms with Gasteiger partial charge in [0, 0.05) is 24.3 Å². The molecule has 1 atom stereocenters. The highest BCUT2D eigenvalue weighted by atomic mass is 35.5. The van der Waals surface area contributed by atoms with Crippen LogP contribution >= 0.6 is 11.6 Å². The Balaban J connectivity index is 2.11. The first kappa shape index (κ1) is 11.9. The maximum atomic E-state index is 5.90. The van der Waals surface area contributed by atoms with Gasteiger partial charge in [-0.2, -0.15) is 0 Å². The summed E-state index contributed by atoms with van der Waals surface area (Å²) in [5.74, 6) is 0.667. The van der Waals surface area contributed by atoms with Crippen molar-refractivity contribution < 1.29 is 4.74 Å². The second-order valence-corrected chi connectivity index (χ2v) is 4.70. The fraction of sp³-hybridized carbons (Fsp3) is 0.538. The smallest absolute Gasteiger partial charge is 0.0469 e. The molecule has 88 valence electrons. The molecule has 1 saturated heterocycles. The molecule has 1 aliphatic heterocycles. The Labute approximate surface area is 102 Å². The van der Waals surface area contributed by atoms with Crippen molar-refractivity contribution >= 4 is 11.6 Å². The molecule has 3 heteroatoms. The van der Waals surface area contributed by atoms with Crippen LogP contribution in [0.5, 0.6) is 0 Å². The van der Waals surface area contributed by atoms with Crippen LogP contribution in [-0.2, 0) is 4.74 Å². The lowest BCUT2D eigenvalue weighted by molar-refractivity contribution is 0.0546. The van der Waals surface area contributed by atoms with Crippen LogP contribution in [0.15, 0.2) is 24.3 Å². The van der Waals surface area contributed by atoms with E-state index in [1.165, 1.54) is 5.56 Å². The van der Waals surface area contributed by atoms with E-state index in [2.05, 4.69) is 17.4 Å². The van der Waals surface area contributed by atoms with E-state index in [0.717, 1.165) is 31.1 Å². The van der Waals surface area contributed by atoms with Crippen LogP contribution in [0, 0.1) is 5.92 Å². The molecule has 1 fully saturated rings. The summed E-state index contributed by atoms with van der Waals surface area (Å²) in [7, 11) is 2.02. The van der Waals surface area contributed by atoms with Gasteiger partial charge in [-0.15, -0.1) is 0 Å². The summed E-state index contributed by atoms with van der Waals surface area (Å²) >= 11 is 5.90. The Morgan fingerprint density at radius 2 is 1.88 bits per heavy atom. The molecular weight excluding hydrogens is 222 g/mol. The van der Waals surface area contributed by atoms with Crippen molar-refractivity contribution in [3.8, 4) is 0 Å². The van der Waals surface area contributed by atoms with E-state index in [1.807, 2.05) is 19.2 Å². The molecule has 0 spiro atoms. The maximum absolute atomic E-state index is 5.90. The van der Waals surface area contributed by atoms with Crippen molar-refractivity contribution in [2.75, 3.05) is 20.3 Å². The number of hydrogen-bond donors (Lipinski definition) is 1. The molecule has 16 heavy (non-hydrogen) atoms. The Morgan fingerprint density at radius 1 is 1.25 bits per heavy atom. The van der Waals surface area contributed by atoms with Gasteiger partial charge in [0.15, 0.2) is 0 Å². The minimum atomic E-state index is 0.418. The molecule has 1 heterocycles. The SMILES string of the molecule is CN[C@@H](c1ccc(Cl)cc1)C1CCOCC1. The quantitative estimate of drug-likeness (QED) is 0.876. The minimum absolute atomic E-state index is 0.418. The zero-order valence-electron chi connectivity index (χ0n) is 9.58. The standard InChI is InChI=1S/C13H18ClNO/c1-15-13(11-6-8-16-9-7-11)10-2-4-12(14)5-3-10/h2-5,11,13,15H,6-9H2,1H3/t13-/m0/s1. The van der Waals surface area contributed by atoms with Gasteiger partial charge in [0.05, 0.1) is 0 Å². The predicted molar refractivity (Wildman–Crippen MR) is 66.8 cm³/mol. The second kappa shape index (κ2) is 5.67. The Hall–Kier alpha value is -0.570. The molecule has 0 amide bonds. The van der Waals surface area contributed by atoms with Gasteiger partial charge in [-0.05, 0) is 43.5 Å². The average Bonchev–Trinajstić information content (AvgIpc) is 2.34. The van der Waals surface area contributed by atoms with Gasteiger partial charge in [0.2, 0.25) is 0 Å². The van der Waals surface area contributed by atoms with Crippen molar-refractivity contribution in [1.82, 2.24) is 5.32 Å². The first-order valence-corrected chi connectivity index (χ1v) is 6.19. The van der Waals surface area contributed by atoms with Gasteiger partial charge in [-0.3, -0.25) is 0 Å². The number of ether oxygens (including phenoxy) is 1. The molecular formula is C13H18ClNO. The molecule has 0 radical (unpaired) electrons. The van der Waals surface area contributed by atoms with Crippen molar-refractivity contribution in [2.24, 2.45) is 5.92 Å². The fourth-order valence-electron chi connectivity index (χ4n) is 2.39. The molecule has 1 aliphatic rings. The van der Waals surface area contributed by atoms with Crippen LogP contribution in [-0.4, -0.2) is 20.3 Å². The lowest BCUT2D eigenvalue weighted by Gasteiger charge is -2.30. The molecule has 1 aromatic carbocycles. The summed E-state index contributed by atoms with van der Waals surface area (Å²) in [6.45, 7) is 1.77. The summed E-state index contributed by atoms with van der Waals surface area (Å²) in [6, 6.07) is 8.56. The molecule has 0 unspecified atom stereocenters. The fourth-order valence-corrected chi connectivity index (χ4v) is 2.52. The Bertz CT molecular complexity index is 319. The van der Waals surface area contributed by atoms with Crippen LogP contribution in [0.25, 0.3) is 0 Å². The highest BCUT2D eigenvalue weighted by Gasteiger charge is 2.23. The van der Waals surface area contributed by atoms with Crippen molar-refractivity contribution in [3.05, 3.63) is 34.9 Å². The highest BCUT2D eigenvalue weighted by molar-refractivity contribution is 6.30. The molecule has 2 rings (SSSR count). The van der Waals surface area contributed by atoms with E-state index < -0.39 is 0 Å². The summed E-state index contributed by atoms with van der Waals surface area (Å²) in [5, 5.41) is 4.21. The summed E-state index contributed by atoms with van der Waals surface area (Å²) in [4.78, 5) is 0. The number of hydrogen-bond acceptors (Lipinski definition) is 2. The summed E-state index contributed by atoms with van der Waals surface area (Å²) in [5.41, 5.74) is 1.32. The molecule has 0 aliphatic carbocycles. The predicted octanol–water partition coefficient (Wildman–Crippen LogP) is 3.03. The van der Waals surface area contributed by atoms with E-state index in [-0.39, 0.29) is 0 Å². The maximum Gasteiger partial charge on any atom is 0.0469 e.